The molecule has 0 aliphatic carbocycles. The van der Waals surface area contributed by atoms with Gasteiger partial charge in [0.2, 0.25) is 0 Å². The van der Waals surface area contributed by atoms with E-state index < -0.39 is 0 Å². The second kappa shape index (κ2) is 8.31. The Morgan fingerprint density at radius 2 is 1.96 bits per heavy atom. The Bertz CT molecular complexity index is 768. The van der Waals surface area contributed by atoms with Gasteiger partial charge in [0.1, 0.15) is 0 Å². The number of methoxy groups -OCH3 is 2. The van der Waals surface area contributed by atoms with Crippen LogP contribution in [0.2, 0.25) is 0 Å². The molecule has 0 bridgehead atoms. The molecule has 0 atom stereocenters. The third-order valence-corrected chi connectivity index (χ3v) is 5.75. The molecule has 0 spiro atoms. The predicted octanol–water partition coefficient (Wildman–Crippen LogP) is 3.61. The fraction of sp³-hybridized carbons (Fsp3) is 0.450. The van der Waals surface area contributed by atoms with Gasteiger partial charge in [0, 0.05) is 37.7 Å². The largest absolute Gasteiger partial charge is 0.351 e. The first kappa shape index (κ1) is 19.0. The SMILES string of the molecule is COC(OC)c1ccc(-c2ccc3c(c2)CN(CCCN(C)C)C3=O)s1. The summed E-state index contributed by atoms with van der Waals surface area (Å²) in [6.07, 6.45) is 0.653. The van der Waals surface area contributed by atoms with Gasteiger partial charge in [-0.05, 0) is 62.5 Å². The van der Waals surface area contributed by atoms with Crippen LogP contribution >= 0.6 is 11.3 Å². The number of thiophene rings is 1. The first-order valence-corrected chi connectivity index (χ1v) is 9.57. The van der Waals surface area contributed by atoms with E-state index in [0.29, 0.717) is 6.54 Å². The Morgan fingerprint density at radius 3 is 2.65 bits per heavy atom. The molecule has 2 heterocycles. The molecule has 26 heavy (non-hydrogen) atoms. The van der Waals surface area contributed by atoms with Crippen molar-refractivity contribution in [1.29, 1.82) is 0 Å². The van der Waals surface area contributed by atoms with Crippen molar-refractivity contribution in [3.63, 3.8) is 0 Å². The van der Waals surface area contributed by atoms with Gasteiger partial charge in [-0.3, -0.25) is 4.79 Å². The van der Waals surface area contributed by atoms with Crippen molar-refractivity contribution in [2.45, 2.75) is 19.3 Å². The molecule has 0 fully saturated rings. The van der Waals surface area contributed by atoms with E-state index in [-0.39, 0.29) is 12.2 Å². The quantitative estimate of drug-likeness (QED) is 0.662. The fourth-order valence-electron chi connectivity index (χ4n) is 3.26. The lowest BCUT2D eigenvalue weighted by Gasteiger charge is -2.17. The number of nitrogens with zero attached hydrogens (tertiary/aromatic N) is 2. The highest BCUT2D eigenvalue weighted by molar-refractivity contribution is 7.15. The number of benzene rings is 1. The molecule has 1 aromatic carbocycles. The molecule has 1 aliphatic heterocycles. The van der Waals surface area contributed by atoms with E-state index in [1.807, 2.05) is 23.1 Å². The zero-order chi connectivity index (χ0) is 18.7. The number of hydrogen-bond donors (Lipinski definition) is 0. The maximum absolute atomic E-state index is 12.6. The van der Waals surface area contributed by atoms with Gasteiger partial charge >= 0.3 is 0 Å². The molecule has 0 unspecified atom stereocenters. The molecule has 0 N–H and O–H groups in total. The highest BCUT2D eigenvalue weighted by atomic mass is 32.1. The summed E-state index contributed by atoms with van der Waals surface area (Å²) in [6, 6.07) is 10.2. The van der Waals surface area contributed by atoms with Gasteiger partial charge in [-0.15, -0.1) is 11.3 Å². The van der Waals surface area contributed by atoms with E-state index >= 15 is 0 Å². The predicted molar refractivity (Wildman–Crippen MR) is 104 cm³/mol. The van der Waals surface area contributed by atoms with Gasteiger partial charge in [0.15, 0.2) is 6.29 Å². The zero-order valence-electron chi connectivity index (χ0n) is 15.8. The second-order valence-corrected chi connectivity index (χ2v) is 7.88. The maximum Gasteiger partial charge on any atom is 0.254 e. The average Bonchev–Trinajstić information content (AvgIpc) is 3.21. The van der Waals surface area contributed by atoms with Crippen LogP contribution in [0.15, 0.2) is 30.3 Å². The van der Waals surface area contributed by atoms with Crippen LogP contribution in [0.3, 0.4) is 0 Å². The minimum absolute atomic E-state index is 0.149. The third-order valence-electron chi connectivity index (χ3n) is 4.59. The summed E-state index contributed by atoms with van der Waals surface area (Å²) in [5.74, 6) is 0.149. The van der Waals surface area contributed by atoms with Gasteiger partial charge in [-0.2, -0.15) is 0 Å². The smallest absolute Gasteiger partial charge is 0.254 e. The minimum atomic E-state index is -0.336. The summed E-state index contributed by atoms with van der Waals surface area (Å²) in [7, 11) is 7.39. The van der Waals surface area contributed by atoms with Crippen LogP contribution in [0.4, 0.5) is 0 Å². The Hall–Kier alpha value is -1.73. The average molecular weight is 375 g/mol. The Balaban J connectivity index is 1.74. The van der Waals surface area contributed by atoms with E-state index in [2.05, 4.69) is 31.1 Å². The summed E-state index contributed by atoms with van der Waals surface area (Å²) in [5, 5.41) is 0. The number of hydrogen-bond acceptors (Lipinski definition) is 5. The summed E-state index contributed by atoms with van der Waals surface area (Å²) in [6.45, 7) is 2.49. The van der Waals surface area contributed by atoms with Crippen LogP contribution in [0.5, 0.6) is 0 Å². The number of ether oxygens (including phenoxy) is 2. The van der Waals surface area contributed by atoms with Crippen LogP contribution in [0.25, 0.3) is 10.4 Å². The summed E-state index contributed by atoms with van der Waals surface area (Å²) < 4.78 is 10.6. The molecule has 1 aromatic heterocycles. The van der Waals surface area contributed by atoms with Crippen molar-refractivity contribution in [1.82, 2.24) is 9.80 Å². The molecular weight excluding hydrogens is 348 g/mol. The van der Waals surface area contributed by atoms with Crippen molar-refractivity contribution < 1.29 is 14.3 Å². The molecule has 6 heteroatoms. The molecular formula is C20H26N2O3S. The molecule has 0 saturated carbocycles. The Labute approximate surface area is 159 Å². The fourth-order valence-corrected chi connectivity index (χ4v) is 4.32. The van der Waals surface area contributed by atoms with E-state index in [9.17, 15) is 4.79 Å². The Kier molecular flexibility index (Phi) is 6.09. The van der Waals surface area contributed by atoms with Crippen LogP contribution in [-0.4, -0.2) is 57.1 Å². The molecule has 1 amide bonds. The van der Waals surface area contributed by atoms with Crippen molar-refractivity contribution >= 4 is 17.2 Å². The normalized spacial score (nSPS) is 13.9. The van der Waals surface area contributed by atoms with Crippen molar-refractivity contribution in [3.05, 3.63) is 46.3 Å². The van der Waals surface area contributed by atoms with Gasteiger partial charge in [-0.1, -0.05) is 6.07 Å². The Morgan fingerprint density at radius 1 is 1.19 bits per heavy atom. The van der Waals surface area contributed by atoms with E-state index in [1.54, 1.807) is 25.6 Å². The van der Waals surface area contributed by atoms with Crippen LogP contribution in [0.1, 0.15) is 33.5 Å². The van der Waals surface area contributed by atoms with Crippen molar-refractivity contribution in [3.8, 4) is 10.4 Å². The lowest BCUT2D eigenvalue weighted by molar-refractivity contribution is -0.103. The van der Waals surface area contributed by atoms with Gasteiger partial charge in [-0.25, -0.2) is 0 Å². The van der Waals surface area contributed by atoms with Crippen molar-refractivity contribution in [2.24, 2.45) is 0 Å². The maximum atomic E-state index is 12.6. The van der Waals surface area contributed by atoms with Crippen LogP contribution in [-0.2, 0) is 16.0 Å². The number of carbonyl (C=O) groups excluding carboxylic acids is 1. The molecule has 5 nitrogen and oxygen atoms in total. The molecule has 0 saturated heterocycles. The third kappa shape index (κ3) is 3.99. The molecule has 1 aliphatic rings. The number of amides is 1. The molecule has 2 aromatic rings. The molecule has 140 valence electrons. The van der Waals surface area contributed by atoms with Crippen LogP contribution in [0, 0.1) is 0 Å². The number of carbonyl (C=O) groups is 1. The lowest BCUT2D eigenvalue weighted by atomic mass is 10.1. The summed E-state index contributed by atoms with van der Waals surface area (Å²) >= 11 is 1.65. The lowest BCUT2D eigenvalue weighted by Crippen LogP contribution is -2.27. The molecule has 0 radical (unpaired) electrons. The monoisotopic (exact) mass is 374 g/mol. The van der Waals surface area contributed by atoms with E-state index in [1.165, 1.54) is 0 Å². The van der Waals surface area contributed by atoms with Crippen LogP contribution < -0.4 is 0 Å². The summed E-state index contributed by atoms with van der Waals surface area (Å²) in [4.78, 5) is 18.9. The van der Waals surface area contributed by atoms with E-state index in [0.717, 1.165) is 46.0 Å². The minimum Gasteiger partial charge on any atom is -0.351 e. The first-order valence-electron chi connectivity index (χ1n) is 8.76. The zero-order valence-corrected chi connectivity index (χ0v) is 16.6. The highest BCUT2D eigenvalue weighted by Gasteiger charge is 2.27. The summed E-state index contributed by atoms with van der Waals surface area (Å²) in [5.41, 5.74) is 3.08. The van der Waals surface area contributed by atoms with Gasteiger partial charge in [0.25, 0.3) is 5.91 Å². The van der Waals surface area contributed by atoms with Gasteiger partial charge in [0.05, 0.1) is 4.88 Å². The van der Waals surface area contributed by atoms with Crippen molar-refractivity contribution in [2.75, 3.05) is 41.4 Å². The number of fused-ring (bicyclic) bond motifs is 1. The van der Waals surface area contributed by atoms with E-state index in [4.69, 9.17) is 9.47 Å². The standard InChI is InChI=1S/C20H26N2O3S/c1-21(2)10-5-11-22-13-15-12-14(6-7-16(15)19(22)23)17-8-9-18(26-17)20(24-3)25-4/h6-9,12,20H,5,10-11,13H2,1-4H3. The topological polar surface area (TPSA) is 42.0 Å². The second-order valence-electron chi connectivity index (χ2n) is 6.76. The molecule has 3 rings (SSSR count). The highest BCUT2D eigenvalue weighted by Crippen LogP contribution is 2.35. The van der Waals surface area contributed by atoms with Gasteiger partial charge < -0.3 is 19.3 Å². The number of rotatable bonds is 8. The first-order chi connectivity index (χ1) is 12.5.